The Morgan fingerprint density at radius 2 is 1.40 bits per heavy atom. The molecule has 0 radical (unpaired) electrons. The molecule has 0 spiro atoms. The van der Waals surface area contributed by atoms with Gasteiger partial charge >= 0.3 is 0 Å². The van der Waals surface area contributed by atoms with Crippen LogP contribution in [0.2, 0.25) is 0 Å². The molecule has 0 fully saturated rings. The van der Waals surface area contributed by atoms with E-state index in [9.17, 15) is 8.42 Å². The van der Waals surface area contributed by atoms with Crippen molar-refractivity contribution in [3.05, 3.63) is 70.6 Å². The molecule has 2 aromatic carbocycles. The molecule has 1 aromatic heterocycles. The second-order valence-electron chi connectivity index (χ2n) is 5.94. The summed E-state index contributed by atoms with van der Waals surface area (Å²) in [7, 11) is -3.53. The normalized spacial score (nSPS) is 11.3. The third kappa shape index (κ3) is 4.03. The second kappa shape index (κ2) is 6.90. The zero-order valence-corrected chi connectivity index (χ0v) is 16.0. The highest BCUT2D eigenvalue weighted by Crippen LogP contribution is 2.27. The van der Waals surface area contributed by atoms with Gasteiger partial charge in [-0.25, -0.2) is 8.42 Å². The molecule has 25 heavy (non-hydrogen) atoms. The lowest BCUT2D eigenvalue weighted by Crippen LogP contribution is -2.11. The SMILES string of the molecule is Cc1ccc(S(=O)(=O)Nc2ccc(Nc3c(C)cccc3C)cc2)s1. The molecule has 130 valence electrons. The van der Waals surface area contributed by atoms with Gasteiger partial charge in [-0.1, -0.05) is 18.2 Å². The first-order chi connectivity index (χ1) is 11.8. The highest BCUT2D eigenvalue weighted by molar-refractivity contribution is 7.94. The Labute approximate surface area is 152 Å². The minimum Gasteiger partial charge on any atom is -0.355 e. The average molecular weight is 373 g/mol. The van der Waals surface area contributed by atoms with Gasteiger partial charge in [-0.3, -0.25) is 4.72 Å². The molecule has 0 unspecified atom stereocenters. The van der Waals surface area contributed by atoms with Gasteiger partial charge < -0.3 is 5.32 Å². The number of sulfonamides is 1. The van der Waals surface area contributed by atoms with E-state index < -0.39 is 10.0 Å². The third-order valence-corrected chi connectivity index (χ3v) is 6.74. The molecule has 0 saturated heterocycles. The number of hydrogen-bond donors (Lipinski definition) is 2. The number of nitrogens with one attached hydrogen (secondary N) is 2. The molecule has 0 aliphatic carbocycles. The minimum absolute atomic E-state index is 0.322. The van der Waals surface area contributed by atoms with Gasteiger partial charge in [0.2, 0.25) is 0 Å². The number of rotatable bonds is 5. The Balaban J connectivity index is 1.77. The van der Waals surface area contributed by atoms with Crippen molar-refractivity contribution in [2.45, 2.75) is 25.0 Å². The first-order valence-corrected chi connectivity index (χ1v) is 10.2. The molecule has 0 bridgehead atoms. The van der Waals surface area contributed by atoms with Gasteiger partial charge in [0, 0.05) is 21.9 Å². The Bertz CT molecular complexity index is 970. The van der Waals surface area contributed by atoms with E-state index in [1.165, 1.54) is 11.3 Å². The third-order valence-electron chi connectivity index (χ3n) is 3.87. The van der Waals surface area contributed by atoms with Crippen molar-refractivity contribution in [2.75, 3.05) is 10.0 Å². The Morgan fingerprint density at radius 1 is 0.800 bits per heavy atom. The van der Waals surface area contributed by atoms with Gasteiger partial charge in [-0.05, 0) is 68.3 Å². The Kier molecular flexibility index (Phi) is 4.83. The van der Waals surface area contributed by atoms with Gasteiger partial charge in [-0.2, -0.15) is 0 Å². The average Bonchev–Trinajstić information content (AvgIpc) is 3.00. The summed E-state index contributed by atoms with van der Waals surface area (Å²) in [5, 5.41) is 3.39. The fraction of sp³-hybridized carbons (Fsp3) is 0.158. The monoisotopic (exact) mass is 372 g/mol. The van der Waals surface area contributed by atoms with Crippen LogP contribution in [0.4, 0.5) is 17.1 Å². The summed E-state index contributed by atoms with van der Waals surface area (Å²) in [5.41, 5.74) is 4.85. The van der Waals surface area contributed by atoms with Gasteiger partial charge in [0.25, 0.3) is 10.0 Å². The minimum atomic E-state index is -3.53. The summed E-state index contributed by atoms with van der Waals surface area (Å²) in [6.07, 6.45) is 0. The summed E-state index contributed by atoms with van der Waals surface area (Å²) < 4.78 is 27.7. The first-order valence-electron chi connectivity index (χ1n) is 7.88. The summed E-state index contributed by atoms with van der Waals surface area (Å²) in [6.45, 7) is 6.00. The summed E-state index contributed by atoms with van der Waals surface area (Å²) in [5.74, 6) is 0. The zero-order chi connectivity index (χ0) is 18.0. The van der Waals surface area contributed by atoms with E-state index in [0.29, 0.717) is 9.90 Å². The fourth-order valence-electron chi connectivity index (χ4n) is 2.54. The summed E-state index contributed by atoms with van der Waals surface area (Å²) in [6, 6.07) is 16.8. The van der Waals surface area contributed by atoms with Gasteiger partial charge in [-0.15, -0.1) is 11.3 Å². The van der Waals surface area contributed by atoms with Crippen LogP contribution in [0.1, 0.15) is 16.0 Å². The Hall–Kier alpha value is -2.31. The first kappa shape index (κ1) is 17.5. The number of aryl methyl sites for hydroxylation is 3. The topological polar surface area (TPSA) is 58.2 Å². The number of hydrogen-bond acceptors (Lipinski definition) is 4. The smallest absolute Gasteiger partial charge is 0.271 e. The standard InChI is InChI=1S/C19H20N2O2S2/c1-13-5-4-6-14(2)19(13)20-16-8-10-17(11-9-16)21-25(22,23)18-12-7-15(3)24-18/h4-12,20-21H,1-3H3. The van der Waals surface area contributed by atoms with Gasteiger partial charge in [0.15, 0.2) is 0 Å². The summed E-state index contributed by atoms with van der Waals surface area (Å²) >= 11 is 1.26. The number of thiophene rings is 1. The van der Waals surface area contributed by atoms with E-state index in [1.54, 1.807) is 24.3 Å². The fourth-order valence-corrected chi connectivity index (χ4v) is 4.88. The van der Waals surface area contributed by atoms with Crippen molar-refractivity contribution < 1.29 is 8.42 Å². The van der Waals surface area contributed by atoms with E-state index >= 15 is 0 Å². The number of para-hydroxylation sites is 1. The zero-order valence-electron chi connectivity index (χ0n) is 14.3. The van der Waals surface area contributed by atoms with Crippen molar-refractivity contribution in [2.24, 2.45) is 0 Å². The van der Waals surface area contributed by atoms with Gasteiger partial charge in [0.05, 0.1) is 0 Å². The highest BCUT2D eigenvalue weighted by atomic mass is 32.2. The molecule has 2 N–H and O–H groups in total. The largest absolute Gasteiger partial charge is 0.355 e. The van der Waals surface area contributed by atoms with Crippen LogP contribution in [0, 0.1) is 20.8 Å². The van der Waals surface area contributed by atoms with E-state index in [1.807, 2.05) is 25.1 Å². The highest BCUT2D eigenvalue weighted by Gasteiger charge is 2.16. The van der Waals surface area contributed by atoms with Gasteiger partial charge in [0.1, 0.15) is 4.21 Å². The quantitative estimate of drug-likeness (QED) is 0.646. The molecule has 4 nitrogen and oxygen atoms in total. The van der Waals surface area contributed by atoms with Crippen molar-refractivity contribution in [3.8, 4) is 0 Å². The summed E-state index contributed by atoms with van der Waals surface area (Å²) in [4.78, 5) is 0.966. The van der Waals surface area contributed by atoms with Crippen molar-refractivity contribution in [3.63, 3.8) is 0 Å². The maximum atomic E-state index is 12.4. The van der Waals surface area contributed by atoms with E-state index in [-0.39, 0.29) is 0 Å². The lowest BCUT2D eigenvalue weighted by Gasteiger charge is -2.13. The molecule has 6 heteroatoms. The molecular weight excluding hydrogens is 352 g/mol. The molecule has 1 heterocycles. The van der Waals surface area contributed by atoms with Crippen LogP contribution in [0.3, 0.4) is 0 Å². The van der Waals surface area contributed by atoms with E-state index in [4.69, 9.17) is 0 Å². The molecule has 0 aliphatic rings. The molecular formula is C19H20N2O2S2. The maximum Gasteiger partial charge on any atom is 0.271 e. The van der Waals surface area contributed by atoms with Crippen LogP contribution >= 0.6 is 11.3 Å². The predicted molar refractivity (Wildman–Crippen MR) is 106 cm³/mol. The lowest BCUT2D eigenvalue weighted by molar-refractivity contribution is 0.603. The lowest BCUT2D eigenvalue weighted by atomic mass is 10.1. The van der Waals surface area contributed by atoms with Crippen LogP contribution in [-0.4, -0.2) is 8.42 Å². The molecule has 3 rings (SSSR count). The molecule has 0 amide bonds. The second-order valence-corrected chi connectivity index (χ2v) is 9.14. The van der Waals surface area contributed by atoms with Crippen LogP contribution in [-0.2, 0) is 10.0 Å². The Morgan fingerprint density at radius 3 is 1.96 bits per heavy atom. The molecule has 3 aromatic rings. The van der Waals surface area contributed by atoms with Crippen molar-refractivity contribution in [1.29, 1.82) is 0 Å². The van der Waals surface area contributed by atoms with Crippen molar-refractivity contribution in [1.82, 2.24) is 0 Å². The maximum absolute atomic E-state index is 12.4. The van der Waals surface area contributed by atoms with E-state index in [0.717, 1.165) is 27.4 Å². The molecule has 0 aliphatic heterocycles. The molecule has 0 saturated carbocycles. The van der Waals surface area contributed by atoms with Crippen molar-refractivity contribution >= 4 is 38.4 Å². The number of anilines is 3. The van der Waals surface area contributed by atoms with Crippen LogP contribution in [0.25, 0.3) is 0 Å². The van der Waals surface area contributed by atoms with Crippen LogP contribution in [0.15, 0.2) is 58.8 Å². The predicted octanol–water partition coefficient (Wildman–Crippen LogP) is 5.22. The van der Waals surface area contributed by atoms with E-state index in [2.05, 4.69) is 36.0 Å². The van der Waals surface area contributed by atoms with Crippen LogP contribution in [0.5, 0.6) is 0 Å². The number of benzene rings is 2. The van der Waals surface area contributed by atoms with Crippen LogP contribution < -0.4 is 10.0 Å². The molecule has 0 atom stereocenters.